The number of halogens is 1. The van der Waals surface area contributed by atoms with Crippen molar-refractivity contribution in [2.75, 3.05) is 13.2 Å². The fourth-order valence-electron chi connectivity index (χ4n) is 2.98. The Morgan fingerprint density at radius 2 is 1.92 bits per heavy atom. The topological polar surface area (TPSA) is 55.3 Å². The molecule has 0 N–H and O–H groups in total. The highest BCUT2D eigenvalue weighted by Gasteiger charge is 2.21. The molecule has 0 spiro atoms. The van der Waals surface area contributed by atoms with Gasteiger partial charge in [0.05, 0.1) is 12.1 Å². The van der Waals surface area contributed by atoms with Crippen LogP contribution < -0.4 is 4.74 Å². The average Bonchev–Trinajstić information content (AvgIpc) is 2.90. The fourth-order valence-corrected chi connectivity index (χ4v) is 3.09. The molecule has 2 aromatic heterocycles. The molecule has 0 radical (unpaired) electrons. The third-order valence-electron chi connectivity index (χ3n) is 4.32. The predicted molar refractivity (Wildman–Crippen MR) is 99.2 cm³/mol. The number of ether oxygens (including phenoxy) is 1. The van der Waals surface area contributed by atoms with Gasteiger partial charge in [-0.05, 0) is 47.5 Å². The summed E-state index contributed by atoms with van der Waals surface area (Å²) in [6.07, 6.45) is 5.03. The van der Waals surface area contributed by atoms with Crippen LogP contribution in [0.5, 0.6) is 5.75 Å². The van der Waals surface area contributed by atoms with E-state index >= 15 is 0 Å². The zero-order valence-electron chi connectivity index (χ0n) is 13.9. The number of benzene rings is 1. The number of nitrogens with zero attached hydrogens (tertiary/aromatic N) is 3. The first-order valence-corrected chi connectivity index (χ1v) is 8.65. The fraction of sp³-hybridized carbons (Fsp3) is 0.150. The Balaban J connectivity index is 1.63. The molecule has 3 aromatic rings. The van der Waals surface area contributed by atoms with Crippen LogP contribution in [0.4, 0.5) is 0 Å². The number of fused-ring (bicyclic) bond motifs is 1. The normalized spacial score (nSPS) is 13.5. The van der Waals surface area contributed by atoms with Crippen LogP contribution in [0.15, 0.2) is 61.1 Å². The molecule has 0 atom stereocenters. The SMILES string of the molecule is O=C(c1ccc(Cl)nc1)N1CCOc2ccc(-c3ccncc3)cc2C1. The lowest BCUT2D eigenvalue weighted by atomic mass is 10.0. The second kappa shape index (κ2) is 7.14. The number of hydrogen-bond acceptors (Lipinski definition) is 4. The number of aromatic nitrogens is 2. The summed E-state index contributed by atoms with van der Waals surface area (Å²) in [5.41, 5.74) is 3.64. The quantitative estimate of drug-likeness (QED) is 0.647. The van der Waals surface area contributed by atoms with Crippen molar-refractivity contribution in [3.05, 3.63) is 77.3 Å². The molecule has 0 unspecified atom stereocenters. The summed E-state index contributed by atoms with van der Waals surface area (Å²) < 4.78 is 5.83. The van der Waals surface area contributed by atoms with Crippen LogP contribution in [0.25, 0.3) is 11.1 Å². The molecule has 26 heavy (non-hydrogen) atoms. The first-order chi connectivity index (χ1) is 12.7. The summed E-state index contributed by atoms with van der Waals surface area (Å²) in [5.74, 6) is 0.729. The molecule has 3 heterocycles. The van der Waals surface area contributed by atoms with Gasteiger partial charge in [-0.3, -0.25) is 9.78 Å². The zero-order chi connectivity index (χ0) is 17.9. The molecule has 4 rings (SSSR count). The van der Waals surface area contributed by atoms with E-state index in [0.29, 0.717) is 30.4 Å². The molecule has 6 heteroatoms. The monoisotopic (exact) mass is 365 g/mol. The van der Waals surface area contributed by atoms with E-state index in [0.717, 1.165) is 22.4 Å². The van der Waals surface area contributed by atoms with Gasteiger partial charge in [-0.25, -0.2) is 4.98 Å². The van der Waals surface area contributed by atoms with E-state index in [1.807, 2.05) is 24.3 Å². The molecule has 1 aliphatic heterocycles. The first kappa shape index (κ1) is 16.5. The Kier molecular flexibility index (Phi) is 4.54. The maximum Gasteiger partial charge on any atom is 0.255 e. The van der Waals surface area contributed by atoms with Crippen molar-refractivity contribution in [3.63, 3.8) is 0 Å². The lowest BCUT2D eigenvalue weighted by Gasteiger charge is -2.20. The summed E-state index contributed by atoms with van der Waals surface area (Å²) in [7, 11) is 0. The minimum Gasteiger partial charge on any atom is -0.491 e. The van der Waals surface area contributed by atoms with Crippen molar-refractivity contribution in [3.8, 4) is 16.9 Å². The van der Waals surface area contributed by atoms with Gasteiger partial charge in [0, 0.05) is 30.7 Å². The smallest absolute Gasteiger partial charge is 0.255 e. The number of amides is 1. The Hall–Kier alpha value is -2.92. The Morgan fingerprint density at radius 3 is 2.69 bits per heavy atom. The van der Waals surface area contributed by atoms with Gasteiger partial charge in [0.25, 0.3) is 5.91 Å². The summed E-state index contributed by atoms with van der Waals surface area (Å²) in [6.45, 7) is 1.45. The lowest BCUT2D eigenvalue weighted by Crippen LogP contribution is -2.32. The van der Waals surface area contributed by atoms with E-state index in [2.05, 4.69) is 16.0 Å². The molecule has 5 nitrogen and oxygen atoms in total. The highest BCUT2D eigenvalue weighted by atomic mass is 35.5. The minimum atomic E-state index is -0.0834. The van der Waals surface area contributed by atoms with Gasteiger partial charge in [0.15, 0.2) is 0 Å². The summed E-state index contributed by atoms with van der Waals surface area (Å²) in [6, 6.07) is 13.3. The van der Waals surface area contributed by atoms with Gasteiger partial charge in [-0.15, -0.1) is 0 Å². The Labute approximate surface area is 156 Å². The Bertz CT molecular complexity index is 930. The van der Waals surface area contributed by atoms with Gasteiger partial charge in [0.2, 0.25) is 0 Å². The second-order valence-corrected chi connectivity index (χ2v) is 6.39. The van der Waals surface area contributed by atoms with E-state index in [1.54, 1.807) is 29.4 Å². The molecule has 0 saturated heterocycles. The third-order valence-corrected chi connectivity index (χ3v) is 4.54. The largest absolute Gasteiger partial charge is 0.491 e. The molecule has 0 aliphatic carbocycles. The third kappa shape index (κ3) is 3.39. The van der Waals surface area contributed by atoms with Gasteiger partial charge in [-0.1, -0.05) is 17.7 Å². The zero-order valence-corrected chi connectivity index (χ0v) is 14.7. The minimum absolute atomic E-state index is 0.0834. The van der Waals surface area contributed by atoms with E-state index in [-0.39, 0.29) is 5.91 Å². The van der Waals surface area contributed by atoms with Crippen LogP contribution in [0, 0.1) is 0 Å². The molecular formula is C20H16ClN3O2. The standard InChI is InChI=1S/C20H16ClN3O2/c21-19-4-2-16(12-23-19)20(25)24-9-10-26-18-3-1-15(11-17(18)13-24)14-5-7-22-8-6-14/h1-8,11-12H,9-10,13H2. The van der Waals surface area contributed by atoms with Crippen molar-refractivity contribution in [1.29, 1.82) is 0 Å². The predicted octanol–water partition coefficient (Wildman–Crippen LogP) is 3.83. The molecule has 130 valence electrons. The van der Waals surface area contributed by atoms with E-state index in [9.17, 15) is 4.79 Å². The van der Waals surface area contributed by atoms with Gasteiger partial charge >= 0.3 is 0 Å². The summed E-state index contributed by atoms with van der Waals surface area (Å²) in [5, 5.41) is 0.369. The molecule has 0 fully saturated rings. The number of rotatable bonds is 2. The average molecular weight is 366 g/mol. The summed E-state index contributed by atoms with van der Waals surface area (Å²) in [4.78, 5) is 22.6. The van der Waals surface area contributed by atoms with Crippen LogP contribution in [-0.2, 0) is 6.54 Å². The number of carbonyl (C=O) groups excluding carboxylic acids is 1. The van der Waals surface area contributed by atoms with Crippen LogP contribution >= 0.6 is 11.6 Å². The maximum absolute atomic E-state index is 12.8. The van der Waals surface area contributed by atoms with E-state index < -0.39 is 0 Å². The number of hydrogen-bond donors (Lipinski definition) is 0. The summed E-state index contributed by atoms with van der Waals surface area (Å²) >= 11 is 5.81. The molecule has 1 amide bonds. The van der Waals surface area contributed by atoms with E-state index in [4.69, 9.17) is 16.3 Å². The van der Waals surface area contributed by atoms with Crippen LogP contribution in [-0.4, -0.2) is 33.9 Å². The van der Waals surface area contributed by atoms with Gasteiger partial charge in [-0.2, -0.15) is 0 Å². The van der Waals surface area contributed by atoms with Gasteiger partial charge in [0.1, 0.15) is 17.5 Å². The van der Waals surface area contributed by atoms with Crippen molar-refractivity contribution in [1.82, 2.24) is 14.9 Å². The highest BCUT2D eigenvalue weighted by molar-refractivity contribution is 6.29. The maximum atomic E-state index is 12.8. The molecule has 0 saturated carbocycles. The van der Waals surface area contributed by atoms with Crippen LogP contribution in [0.3, 0.4) is 0 Å². The van der Waals surface area contributed by atoms with Crippen LogP contribution in [0.1, 0.15) is 15.9 Å². The van der Waals surface area contributed by atoms with Crippen molar-refractivity contribution in [2.45, 2.75) is 6.54 Å². The van der Waals surface area contributed by atoms with Gasteiger partial charge < -0.3 is 9.64 Å². The molecule has 0 bridgehead atoms. The van der Waals surface area contributed by atoms with Crippen molar-refractivity contribution >= 4 is 17.5 Å². The van der Waals surface area contributed by atoms with Crippen molar-refractivity contribution < 1.29 is 9.53 Å². The Morgan fingerprint density at radius 1 is 1.08 bits per heavy atom. The second-order valence-electron chi connectivity index (χ2n) is 6.00. The number of carbonyl (C=O) groups is 1. The molecular weight excluding hydrogens is 350 g/mol. The molecule has 1 aromatic carbocycles. The van der Waals surface area contributed by atoms with Crippen molar-refractivity contribution in [2.24, 2.45) is 0 Å². The molecule has 1 aliphatic rings. The number of pyridine rings is 2. The first-order valence-electron chi connectivity index (χ1n) is 8.28. The van der Waals surface area contributed by atoms with Crippen LogP contribution in [0.2, 0.25) is 5.15 Å². The lowest BCUT2D eigenvalue weighted by molar-refractivity contribution is 0.0733. The van der Waals surface area contributed by atoms with E-state index in [1.165, 1.54) is 6.20 Å². The highest BCUT2D eigenvalue weighted by Crippen LogP contribution is 2.29.